The van der Waals surface area contributed by atoms with E-state index in [1.807, 2.05) is 24.3 Å². The monoisotopic (exact) mass is 416 g/mol. The number of nitrogens with zero attached hydrogens (tertiary/aromatic N) is 1. The van der Waals surface area contributed by atoms with Gasteiger partial charge in [0.05, 0.1) is 17.2 Å². The number of sulfonamides is 1. The third-order valence-electron chi connectivity index (χ3n) is 5.11. The van der Waals surface area contributed by atoms with E-state index in [-0.39, 0.29) is 11.8 Å². The molecular formula is C22H28N2O4S. The van der Waals surface area contributed by atoms with Crippen LogP contribution in [0.15, 0.2) is 59.5 Å². The maximum atomic E-state index is 12.7. The van der Waals surface area contributed by atoms with Gasteiger partial charge in [-0.3, -0.25) is 4.79 Å². The Morgan fingerprint density at radius 2 is 1.72 bits per heavy atom. The molecule has 1 saturated heterocycles. The van der Waals surface area contributed by atoms with Gasteiger partial charge in [0.1, 0.15) is 5.75 Å². The molecule has 2 aromatic rings. The van der Waals surface area contributed by atoms with Crippen molar-refractivity contribution in [2.45, 2.75) is 37.5 Å². The summed E-state index contributed by atoms with van der Waals surface area (Å²) < 4.78 is 32.7. The van der Waals surface area contributed by atoms with Crippen molar-refractivity contribution in [3.8, 4) is 5.75 Å². The van der Waals surface area contributed by atoms with Crippen LogP contribution in [0.5, 0.6) is 5.75 Å². The second-order valence-electron chi connectivity index (χ2n) is 7.18. The molecule has 1 aliphatic heterocycles. The maximum absolute atomic E-state index is 12.7. The van der Waals surface area contributed by atoms with Gasteiger partial charge in [-0.15, -0.1) is 0 Å². The molecule has 6 nitrogen and oxygen atoms in total. The summed E-state index contributed by atoms with van der Waals surface area (Å²) in [4.78, 5) is 13.0. The van der Waals surface area contributed by atoms with Crippen LogP contribution >= 0.6 is 0 Å². The topological polar surface area (TPSA) is 75.7 Å². The number of benzene rings is 2. The van der Waals surface area contributed by atoms with E-state index < -0.39 is 10.0 Å². The highest BCUT2D eigenvalue weighted by atomic mass is 32.2. The summed E-state index contributed by atoms with van der Waals surface area (Å²) in [6, 6.07) is 15.8. The van der Waals surface area contributed by atoms with Crippen LogP contribution in [0.4, 0.5) is 5.69 Å². The lowest BCUT2D eigenvalue weighted by molar-refractivity contribution is -0.120. The molecule has 0 bridgehead atoms. The first-order chi connectivity index (χ1) is 14.0. The van der Waals surface area contributed by atoms with Gasteiger partial charge < -0.3 is 10.1 Å². The minimum atomic E-state index is -3.51. The summed E-state index contributed by atoms with van der Waals surface area (Å²) >= 11 is 0. The van der Waals surface area contributed by atoms with E-state index in [1.165, 1.54) is 4.31 Å². The van der Waals surface area contributed by atoms with E-state index >= 15 is 0 Å². The summed E-state index contributed by atoms with van der Waals surface area (Å²) in [5.41, 5.74) is 0.660. The van der Waals surface area contributed by atoms with Crippen LogP contribution in [0.2, 0.25) is 0 Å². The highest BCUT2D eigenvalue weighted by Crippen LogP contribution is 2.28. The van der Waals surface area contributed by atoms with Crippen molar-refractivity contribution in [3.63, 3.8) is 0 Å². The Kier molecular flexibility index (Phi) is 7.28. The van der Waals surface area contributed by atoms with Crippen molar-refractivity contribution < 1.29 is 17.9 Å². The van der Waals surface area contributed by atoms with Crippen LogP contribution in [0.1, 0.15) is 32.6 Å². The number of ether oxygens (including phenoxy) is 1. The van der Waals surface area contributed by atoms with Crippen molar-refractivity contribution in [3.05, 3.63) is 54.6 Å². The third-order valence-corrected chi connectivity index (χ3v) is 7.02. The number of nitrogens with one attached hydrogen (secondary N) is 1. The van der Waals surface area contributed by atoms with E-state index in [4.69, 9.17) is 4.74 Å². The first-order valence-electron chi connectivity index (χ1n) is 10.1. The van der Waals surface area contributed by atoms with Gasteiger partial charge in [0.2, 0.25) is 15.9 Å². The minimum Gasteiger partial charge on any atom is -0.491 e. The summed E-state index contributed by atoms with van der Waals surface area (Å²) in [5.74, 6) is 0.354. The zero-order valence-corrected chi connectivity index (χ0v) is 17.5. The number of piperidine rings is 1. The largest absolute Gasteiger partial charge is 0.491 e. The number of para-hydroxylation sites is 2. The van der Waals surface area contributed by atoms with Crippen LogP contribution in [0, 0.1) is 5.92 Å². The average molecular weight is 417 g/mol. The normalized spacial score (nSPS) is 15.8. The van der Waals surface area contributed by atoms with Gasteiger partial charge >= 0.3 is 0 Å². The Labute approximate surface area is 172 Å². The standard InChI is InChI=1S/C22H28N2O4S/c1-2-3-17-28-21-12-8-7-11-20(21)23-22(25)18-13-15-24(16-14-18)29(26,27)19-9-5-4-6-10-19/h4-12,18H,2-3,13-17H2,1H3,(H,23,25). The number of hydrogen-bond donors (Lipinski definition) is 1. The van der Waals surface area contributed by atoms with Gasteiger partial charge in [-0.1, -0.05) is 43.7 Å². The predicted molar refractivity (Wildman–Crippen MR) is 113 cm³/mol. The van der Waals surface area contributed by atoms with Crippen molar-refractivity contribution in [2.24, 2.45) is 5.92 Å². The van der Waals surface area contributed by atoms with Crippen LogP contribution in [-0.2, 0) is 14.8 Å². The lowest BCUT2D eigenvalue weighted by atomic mass is 9.97. The molecule has 0 saturated carbocycles. The van der Waals surface area contributed by atoms with E-state index in [1.54, 1.807) is 30.3 Å². The Balaban J connectivity index is 1.58. The molecule has 0 radical (unpaired) electrons. The fourth-order valence-corrected chi connectivity index (χ4v) is 4.85. The smallest absolute Gasteiger partial charge is 0.243 e. The van der Waals surface area contributed by atoms with Crippen molar-refractivity contribution in [1.82, 2.24) is 4.31 Å². The van der Waals surface area contributed by atoms with E-state index in [0.717, 1.165) is 12.8 Å². The van der Waals surface area contributed by atoms with Crippen molar-refractivity contribution in [1.29, 1.82) is 0 Å². The molecule has 0 aromatic heterocycles. The Morgan fingerprint density at radius 1 is 1.07 bits per heavy atom. The van der Waals surface area contributed by atoms with Crippen molar-refractivity contribution >= 4 is 21.6 Å². The summed E-state index contributed by atoms with van der Waals surface area (Å²) in [5, 5.41) is 2.96. The van der Waals surface area contributed by atoms with Crippen molar-refractivity contribution in [2.75, 3.05) is 25.0 Å². The molecule has 1 aliphatic rings. The summed E-state index contributed by atoms with van der Waals surface area (Å²) in [6.07, 6.45) is 2.99. The Bertz CT molecular complexity index is 907. The van der Waals surface area contributed by atoms with Gasteiger partial charge in [-0.25, -0.2) is 8.42 Å². The second-order valence-corrected chi connectivity index (χ2v) is 9.12. The molecule has 1 amide bonds. The summed E-state index contributed by atoms with van der Waals surface area (Å²) in [6.45, 7) is 3.38. The van der Waals surface area contributed by atoms with E-state index in [0.29, 0.717) is 48.9 Å². The first-order valence-corrected chi connectivity index (χ1v) is 11.5. The van der Waals surface area contributed by atoms with E-state index in [2.05, 4.69) is 12.2 Å². The highest BCUT2D eigenvalue weighted by Gasteiger charge is 2.32. The Morgan fingerprint density at radius 3 is 2.41 bits per heavy atom. The van der Waals surface area contributed by atoms with Gasteiger partial charge in [0, 0.05) is 19.0 Å². The molecule has 0 unspecified atom stereocenters. The molecule has 0 spiro atoms. The fraction of sp³-hybridized carbons (Fsp3) is 0.409. The van der Waals surface area contributed by atoms with Gasteiger partial charge in [-0.2, -0.15) is 4.31 Å². The highest BCUT2D eigenvalue weighted by molar-refractivity contribution is 7.89. The molecule has 0 aliphatic carbocycles. The number of carbonyl (C=O) groups excluding carboxylic acids is 1. The zero-order chi connectivity index (χ0) is 20.7. The lowest BCUT2D eigenvalue weighted by Gasteiger charge is -2.30. The van der Waals surface area contributed by atoms with Crippen LogP contribution in [0.25, 0.3) is 0 Å². The molecule has 7 heteroatoms. The molecule has 1 N–H and O–H groups in total. The number of carbonyl (C=O) groups is 1. The molecule has 2 aromatic carbocycles. The molecule has 1 heterocycles. The first kappa shape index (κ1) is 21.3. The number of unbranched alkanes of at least 4 members (excludes halogenated alkanes) is 1. The average Bonchev–Trinajstić information content (AvgIpc) is 2.76. The zero-order valence-electron chi connectivity index (χ0n) is 16.7. The predicted octanol–water partition coefficient (Wildman–Crippen LogP) is 3.90. The number of amides is 1. The number of rotatable bonds is 8. The van der Waals surface area contributed by atoms with Crippen LogP contribution in [-0.4, -0.2) is 38.3 Å². The molecule has 29 heavy (non-hydrogen) atoms. The quantitative estimate of drug-likeness (QED) is 0.662. The molecule has 156 valence electrons. The van der Waals surface area contributed by atoms with Crippen LogP contribution in [0.3, 0.4) is 0 Å². The van der Waals surface area contributed by atoms with Gasteiger partial charge in [0.25, 0.3) is 0 Å². The summed E-state index contributed by atoms with van der Waals surface area (Å²) in [7, 11) is -3.51. The Hall–Kier alpha value is -2.38. The molecule has 1 fully saturated rings. The molecule has 0 atom stereocenters. The minimum absolute atomic E-state index is 0.0895. The van der Waals surface area contributed by atoms with Crippen LogP contribution < -0.4 is 10.1 Å². The van der Waals surface area contributed by atoms with Gasteiger partial charge in [-0.05, 0) is 43.5 Å². The SMILES string of the molecule is CCCCOc1ccccc1NC(=O)C1CCN(S(=O)(=O)c2ccccc2)CC1. The molecule has 3 rings (SSSR count). The number of hydrogen-bond acceptors (Lipinski definition) is 4. The molecular weight excluding hydrogens is 388 g/mol. The lowest BCUT2D eigenvalue weighted by Crippen LogP contribution is -2.41. The maximum Gasteiger partial charge on any atom is 0.243 e. The van der Waals surface area contributed by atoms with Gasteiger partial charge in [0.15, 0.2) is 0 Å². The van der Waals surface area contributed by atoms with E-state index in [9.17, 15) is 13.2 Å². The second kappa shape index (κ2) is 9.89. The fourth-order valence-electron chi connectivity index (χ4n) is 3.36. The third kappa shape index (κ3) is 5.36. The number of anilines is 1.